The highest BCUT2D eigenvalue weighted by atomic mass is 32.2. The molecule has 2 heterocycles. The van der Waals surface area contributed by atoms with Gasteiger partial charge in [0.2, 0.25) is 0 Å². The first-order valence-corrected chi connectivity index (χ1v) is 8.07. The van der Waals surface area contributed by atoms with E-state index < -0.39 is 0 Å². The molecule has 0 aliphatic carbocycles. The van der Waals surface area contributed by atoms with E-state index in [0.29, 0.717) is 12.1 Å². The van der Waals surface area contributed by atoms with Gasteiger partial charge in [0.25, 0.3) is 5.91 Å². The number of likely N-dealkylation sites (tertiary alicyclic amines) is 1. The lowest BCUT2D eigenvalue weighted by Gasteiger charge is -2.39. The highest BCUT2D eigenvalue weighted by molar-refractivity contribution is 7.98. The SMILES string of the molecule is CSc1ccc(C(=O)N2C3CCC2CN(C)C3)cc1. The first-order chi connectivity index (χ1) is 9.19. The summed E-state index contributed by atoms with van der Waals surface area (Å²) < 4.78 is 0. The molecule has 0 radical (unpaired) electrons. The molecule has 2 saturated heterocycles. The number of hydrogen-bond acceptors (Lipinski definition) is 3. The molecule has 1 aromatic carbocycles. The van der Waals surface area contributed by atoms with E-state index in [2.05, 4.69) is 23.1 Å². The van der Waals surface area contributed by atoms with Crippen molar-refractivity contribution in [2.24, 2.45) is 0 Å². The predicted octanol–water partition coefficient (Wildman–Crippen LogP) is 2.33. The molecule has 1 amide bonds. The number of piperazine rings is 1. The summed E-state index contributed by atoms with van der Waals surface area (Å²) in [7, 11) is 2.15. The molecule has 2 aliphatic rings. The molecule has 0 N–H and O–H groups in total. The Kier molecular flexibility index (Phi) is 3.54. The zero-order valence-corrected chi connectivity index (χ0v) is 12.3. The minimum absolute atomic E-state index is 0.216. The Balaban J connectivity index is 1.80. The highest BCUT2D eigenvalue weighted by Crippen LogP contribution is 2.31. The van der Waals surface area contributed by atoms with Gasteiger partial charge in [0.05, 0.1) is 0 Å². The van der Waals surface area contributed by atoms with Crippen LogP contribution in [0.1, 0.15) is 23.2 Å². The number of rotatable bonds is 2. The second kappa shape index (κ2) is 5.17. The van der Waals surface area contributed by atoms with Crippen molar-refractivity contribution in [3.05, 3.63) is 29.8 Å². The molecule has 3 rings (SSSR count). The lowest BCUT2D eigenvalue weighted by atomic mass is 10.1. The monoisotopic (exact) mass is 276 g/mol. The number of carbonyl (C=O) groups is 1. The van der Waals surface area contributed by atoms with Crippen molar-refractivity contribution in [2.45, 2.75) is 29.8 Å². The Bertz CT molecular complexity index is 460. The Morgan fingerprint density at radius 2 is 1.74 bits per heavy atom. The van der Waals surface area contributed by atoms with Gasteiger partial charge >= 0.3 is 0 Å². The fraction of sp³-hybridized carbons (Fsp3) is 0.533. The molecule has 0 saturated carbocycles. The Hall–Kier alpha value is -1.00. The quantitative estimate of drug-likeness (QED) is 0.775. The molecular formula is C15H20N2OS. The van der Waals surface area contributed by atoms with Gasteiger partial charge in [-0.15, -0.1) is 11.8 Å². The topological polar surface area (TPSA) is 23.6 Å². The Morgan fingerprint density at radius 3 is 2.26 bits per heavy atom. The number of amides is 1. The highest BCUT2D eigenvalue weighted by Gasteiger charge is 2.41. The van der Waals surface area contributed by atoms with Gasteiger partial charge < -0.3 is 9.80 Å². The Labute approximate surface area is 119 Å². The van der Waals surface area contributed by atoms with Gasteiger partial charge in [-0.05, 0) is 50.4 Å². The van der Waals surface area contributed by atoms with Crippen LogP contribution >= 0.6 is 11.8 Å². The van der Waals surface area contributed by atoms with E-state index in [9.17, 15) is 4.79 Å². The van der Waals surface area contributed by atoms with Crippen molar-refractivity contribution in [1.82, 2.24) is 9.80 Å². The lowest BCUT2D eigenvalue weighted by Crippen LogP contribution is -2.54. The lowest BCUT2D eigenvalue weighted by molar-refractivity contribution is 0.0472. The van der Waals surface area contributed by atoms with Crippen LogP contribution in [0.3, 0.4) is 0 Å². The van der Waals surface area contributed by atoms with Crippen LogP contribution in [0.25, 0.3) is 0 Å². The summed E-state index contributed by atoms with van der Waals surface area (Å²) in [6.45, 7) is 2.04. The summed E-state index contributed by atoms with van der Waals surface area (Å²) in [6.07, 6.45) is 4.37. The second-order valence-corrected chi connectivity index (χ2v) is 6.43. The normalized spacial score (nSPS) is 26.7. The predicted molar refractivity (Wildman–Crippen MR) is 78.7 cm³/mol. The van der Waals surface area contributed by atoms with Crippen LogP contribution in [0.15, 0.2) is 29.2 Å². The van der Waals surface area contributed by atoms with Crippen LogP contribution in [-0.2, 0) is 0 Å². The van der Waals surface area contributed by atoms with Crippen LogP contribution in [0.5, 0.6) is 0 Å². The number of likely N-dealkylation sites (N-methyl/N-ethyl adjacent to an activating group) is 1. The number of carbonyl (C=O) groups excluding carboxylic acids is 1. The molecule has 1 aromatic rings. The van der Waals surface area contributed by atoms with Crippen LogP contribution in [-0.4, -0.2) is 54.2 Å². The molecule has 19 heavy (non-hydrogen) atoms. The smallest absolute Gasteiger partial charge is 0.254 e. The molecular weight excluding hydrogens is 256 g/mol. The maximum Gasteiger partial charge on any atom is 0.254 e. The minimum Gasteiger partial charge on any atom is -0.330 e. The zero-order chi connectivity index (χ0) is 13.4. The van der Waals surface area contributed by atoms with Crippen LogP contribution in [0.4, 0.5) is 0 Å². The van der Waals surface area contributed by atoms with Crippen molar-refractivity contribution in [3.63, 3.8) is 0 Å². The van der Waals surface area contributed by atoms with E-state index in [0.717, 1.165) is 31.5 Å². The minimum atomic E-state index is 0.216. The number of hydrogen-bond donors (Lipinski definition) is 0. The molecule has 2 bridgehead atoms. The largest absolute Gasteiger partial charge is 0.330 e. The first kappa shape index (κ1) is 13.0. The van der Waals surface area contributed by atoms with E-state index in [-0.39, 0.29) is 5.91 Å². The summed E-state index contributed by atoms with van der Waals surface area (Å²) in [5.74, 6) is 0.216. The Morgan fingerprint density at radius 1 is 1.16 bits per heavy atom. The molecule has 0 aromatic heterocycles. The number of thioether (sulfide) groups is 1. The third-order valence-electron chi connectivity index (χ3n) is 4.24. The van der Waals surface area contributed by atoms with Gasteiger partial charge in [-0.1, -0.05) is 0 Å². The summed E-state index contributed by atoms with van der Waals surface area (Å²) >= 11 is 1.71. The van der Waals surface area contributed by atoms with E-state index in [1.54, 1.807) is 11.8 Å². The zero-order valence-electron chi connectivity index (χ0n) is 11.5. The third-order valence-corrected chi connectivity index (χ3v) is 4.98. The number of fused-ring (bicyclic) bond motifs is 2. The second-order valence-electron chi connectivity index (χ2n) is 5.55. The maximum absolute atomic E-state index is 12.7. The van der Waals surface area contributed by atoms with Crippen molar-refractivity contribution in [1.29, 1.82) is 0 Å². The average molecular weight is 276 g/mol. The van der Waals surface area contributed by atoms with E-state index in [4.69, 9.17) is 0 Å². The molecule has 2 fully saturated rings. The van der Waals surface area contributed by atoms with Gasteiger partial charge in [-0.2, -0.15) is 0 Å². The van der Waals surface area contributed by atoms with E-state index in [1.807, 2.05) is 24.3 Å². The van der Waals surface area contributed by atoms with Gasteiger partial charge in [0.15, 0.2) is 0 Å². The van der Waals surface area contributed by atoms with Crippen LogP contribution in [0, 0.1) is 0 Å². The first-order valence-electron chi connectivity index (χ1n) is 6.84. The molecule has 3 nitrogen and oxygen atoms in total. The summed E-state index contributed by atoms with van der Waals surface area (Å²) in [5, 5.41) is 0. The number of benzene rings is 1. The van der Waals surface area contributed by atoms with Crippen molar-refractivity contribution in [3.8, 4) is 0 Å². The number of nitrogens with zero attached hydrogens (tertiary/aromatic N) is 2. The van der Waals surface area contributed by atoms with Crippen molar-refractivity contribution < 1.29 is 4.79 Å². The summed E-state index contributed by atoms with van der Waals surface area (Å²) in [4.78, 5) is 18.4. The maximum atomic E-state index is 12.7. The van der Waals surface area contributed by atoms with Gasteiger partial charge in [0.1, 0.15) is 0 Å². The molecule has 4 heteroatoms. The van der Waals surface area contributed by atoms with Crippen LogP contribution in [0.2, 0.25) is 0 Å². The molecule has 102 valence electrons. The summed E-state index contributed by atoms with van der Waals surface area (Å²) in [6, 6.07) is 8.83. The van der Waals surface area contributed by atoms with E-state index in [1.165, 1.54) is 4.90 Å². The van der Waals surface area contributed by atoms with Crippen molar-refractivity contribution >= 4 is 17.7 Å². The van der Waals surface area contributed by atoms with Gasteiger partial charge in [0, 0.05) is 35.6 Å². The molecule has 2 unspecified atom stereocenters. The molecule has 2 atom stereocenters. The average Bonchev–Trinajstić information content (AvgIpc) is 2.70. The third kappa shape index (κ3) is 2.39. The van der Waals surface area contributed by atoms with Gasteiger partial charge in [-0.3, -0.25) is 4.79 Å². The molecule has 0 spiro atoms. The summed E-state index contributed by atoms with van der Waals surface area (Å²) in [5.41, 5.74) is 0.833. The standard InChI is InChI=1S/C15H20N2OS/c1-16-9-12-5-6-13(10-16)17(12)15(18)11-3-7-14(19-2)8-4-11/h3-4,7-8,12-13H,5-6,9-10H2,1-2H3. The fourth-order valence-corrected chi connectivity index (χ4v) is 3.74. The fourth-order valence-electron chi connectivity index (χ4n) is 3.33. The van der Waals surface area contributed by atoms with Crippen LogP contribution < -0.4 is 0 Å². The van der Waals surface area contributed by atoms with Gasteiger partial charge in [-0.25, -0.2) is 0 Å². The van der Waals surface area contributed by atoms with Crippen molar-refractivity contribution in [2.75, 3.05) is 26.4 Å². The molecule has 2 aliphatic heterocycles. The van der Waals surface area contributed by atoms with E-state index >= 15 is 0 Å².